The molecule has 0 amide bonds. The zero-order valence-corrected chi connectivity index (χ0v) is 16.9. The van der Waals surface area contributed by atoms with Gasteiger partial charge in [-0.25, -0.2) is 19.3 Å². The second-order valence-corrected chi connectivity index (χ2v) is 8.32. The zero-order valence-electron chi connectivity index (χ0n) is 16.9. The average Bonchev–Trinajstić information content (AvgIpc) is 3.30. The van der Waals surface area contributed by atoms with Gasteiger partial charge in [0.25, 0.3) is 0 Å². The van der Waals surface area contributed by atoms with Gasteiger partial charge < -0.3 is 24.5 Å². The van der Waals surface area contributed by atoms with Crippen LogP contribution in [0.3, 0.4) is 0 Å². The highest BCUT2D eigenvalue weighted by molar-refractivity contribution is 5.81. The quantitative estimate of drug-likeness (QED) is 0.687. The Kier molecular flexibility index (Phi) is 4.49. The van der Waals surface area contributed by atoms with Crippen LogP contribution in [0.15, 0.2) is 43.0 Å². The number of alkyl halides is 1. The molecule has 1 aromatic carbocycles. The van der Waals surface area contributed by atoms with Gasteiger partial charge in [-0.05, 0) is 19.4 Å². The molecule has 5 rings (SSSR count). The molecule has 2 aliphatic rings. The van der Waals surface area contributed by atoms with Gasteiger partial charge in [-0.1, -0.05) is 30.3 Å². The number of benzene rings is 1. The third kappa shape index (κ3) is 3.05. The van der Waals surface area contributed by atoms with Crippen molar-refractivity contribution in [1.82, 2.24) is 19.5 Å². The van der Waals surface area contributed by atoms with Crippen molar-refractivity contribution in [2.75, 3.05) is 12.3 Å². The van der Waals surface area contributed by atoms with E-state index in [2.05, 4.69) is 15.0 Å². The second-order valence-electron chi connectivity index (χ2n) is 8.32. The molecule has 30 heavy (non-hydrogen) atoms. The largest absolute Gasteiger partial charge is 0.382 e. The number of nitrogens with two attached hydrogens (primary N) is 1. The summed E-state index contributed by atoms with van der Waals surface area (Å²) in [6.45, 7) is 4.23. The number of ether oxygens (including phenoxy) is 3. The lowest BCUT2D eigenvalue weighted by Gasteiger charge is -2.35. The van der Waals surface area contributed by atoms with Crippen molar-refractivity contribution < 1.29 is 18.6 Å². The molecule has 4 atom stereocenters. The number of nitrogen functional groups attached to an aromatic ring is 1. The van der Waals surface area contributed by atoms with Crippen LogP contribution in [0.25, 0.3) is 11.2 Å². The summed E-state index contributed by atoms with van der Waals surface area (Å²) in [5.41, 5.74) is 6.84. The van der Waals surface area contributed by atoms with E-state index in [0.29, 0.717) is 17.8 Å². The lowest BCUT2D eigenvalue weighted by Crippen LogP contribution is -2.48. The van der Waals surface area contributed by atoms with E-state index in [-0.39, 0.29) is 18.8 Å². The average molecular weight is 413 g/mol. The first-order valence-electron chi connectivity index (χ1n) is 9.96. The molecule has 1 saturated heterocycles. The van der Waals surface area contributed by atoms with Crippen molar-refractivity contribution >= 4 is 17.0 Å². The Hall–Kier alpha value is -2.62. The third-order valence-electron chi connectivity index (χ3n) is 5.82. The van der Waals surface area contributed by atoms with Crippen molar-refractivity contribution in [2.45, 2.75) is 56.6 Å². The molecule has 1 saturated carbocycles. The van der Waals surface area contributed by atoms with Gasteiger partial charge in [0.05, 0.1) is 25.6 Å². The van der Waals surface area contributed by atoms with Crippen molar-refractivity contribution in [3.8, 4) is 0 Å². The van der Waals surface area contributed by atoms with Crippen molar-refractivity contribution in [3.05, 3.63) is 48.5 Å². The first-order valence-corrected chi connectivity index (χ1v) is 9.96. The maximum Gasteiger partial charge on any atom is 0.165 e. The summed E-state index contributed by atoms with van der Waals surface area (Å²) in [5.74, 6) is -0.606. The predicted octanol–water partition coefficient (Wildman–Crippen LogP) is 2.80. The van der Waals surface area contributed by atoms with E-state index in [1.165, 1.54) is 6.33 Å². The van der Waals surface area contributed by atoms with E-state index in [4.69, 9.17) is 19.9 Å². The highest BCUT2D eigenvalue weighted by Gasteiger charge is 2.66. The number of anilines is 1. The molecule has 0 unspecified atom stereocenters. The van der Waals surface area contributed by atoms with Gasteiger partial charge >= 0.3 is 0 Å². The Balaban J connectivity index is 1.51. The van der Waals surface area contributed by atoms with E-state index >= 15 is 4.39 Å². The summed E-state index contributed by atoms with van der Waals surface area (Å²) in [5, 5.41) is 0. The van der Waals surface area contributed by atoms with Crippen molar-refractivity contribution in [3.63, 3.8) is 0 Å². The topological polar surface area (TPSA) is 97.3 Å². The summed E-state index contributed by atoms with van der Waals surface area (Å²) in [4.78, 5) is 12.6. The fraction of sp³-hybridized carbons (Fsp3) is 0.476. The van der Waals surface area contributed by atoms with Crippen LogP contribution in [-0.2, 0) is 20.8 Å². The monoisotopic (exact) mass is 413 g/mol. The Morgan fingerprint density at radius 2 is 2.03 bits per heavy atom. The molecule has 8 nitrogen and oxygen atoms in total. The van der Waals surface area contributed by atoms with E-state index < -0.39 is 29.7 Å². The molecule has 0 bridgehead atoms. The Morgan fingerprint density at radius 3 is 2.83 bits per heavy atom. The first kappa shape index (κ1) is 19.3. The van der Waals surface area contributed by atoms with Gasteiger partial charge in [0, 0.05) is 6.42 Å². The van der Waals surface area contributed by atoms with Crippen molar-refractivity contribution in [1.29, 1.82) is 0 Å². The van der Waals surface area contributed by atoms with Gasteiger partial charge in [0.2, 0.25) is 0 Å². The highest BCUT2D eigenvalue weighted by atomic mass is 19.1. The van der Waals surface area contributed by atoms with E-state index in [1.54, 1.807) is 10.9 Å². The number of nitrogens with zero attached hydrogens (tertiary/aromatic N) is 4. The molecule has 2 fully saturated rings. The number of hydrogen-bond donors (Lipinski definition) is 1. The fourth-order valence-corrected chi connectivity index (χ4v) is 4.72. The fourth-order valence-electron chi connectivity index (χ4n) is 4.72. The molecular formula is C21H24FN5O3. The van der Waals surface area contributed by atoms with Crippen LogP contribution in [0.5, 0.6) is 0 Å². The predicted molar refractivity (Wildman–Crippen MR) is 107 cm³/mol. The molecule has 0 radical (unpaired) electrons. The summed E-state index contributed by atoms with van der Waals surface area (Å²) in [6, 6.07) is 9.11. The minimum Gasteiger partial charge on any atom is -0.382 e. The highest BCUT2D eigenvalue weighted by Crippen LogP contribution is 2.53. The Labute approximate surface area is 173 Å². The molecule has 3 aromatic rings. The van der Waals surface area contributed by atoms with E-state index in [0.717, 1.165) is 5.56 Å². The summed E-state index contributed by atoms with van der Waals surface area (Å²) in [7, 11) is 0. The van der Waals surface area contributed by atoms with Crippen LogP contribution in [0.4, 0.5) is 10.2 Å². The van der Waals surface area contributed by atoms with E-state index in [1.807, 2.05) is 44.2 Å². The zero-order chi connectivity index (χ0) is 20.9. The van der Waals surface area contributed by atoms with Crippen LogP contribution in [0.2, 0.25) is 0 Å². The molecule has 2 N–H and O–H groups in total. The van der Waals surface area contributed by atoms with Crippen LogP contribution in [-0.4, -0.2) is 49.8 Å². The molecule has 3 heterocycles. The third-order valence-corrected chi connectivity index (χ3v) is 5.82. The van der Waals surface area contributed by atoms with Gasteiger partial charge in [-0.15, -0.1) is 0 Å². The minimum absolute atomic E-state index is 0.168. The number of rotatable bonds is 5. The number of aromatic nitrogens is 4. The van der Waals surface area contributed by atoms with Crippen LogP contribution in [0.1, 0.15) is 31.9 Å². The standard InChI is InChI=1S/C21H24FN5O3/c1-20(2)29-15-8-14(22)17(27-12-26-16-18(23)24-11-25-19(16)27)21(15,30-20)10-28-9-13-6-4-3-5-7-13/h3-7,11-12,14-15,17H,8-10H2,1-2H3,(H2,23,24,25)/t14-,15-,17-,21+/m1/s1. The van der Waals surface area contributed by atoms with Crippen LogP contribution >= 0.6 is 0 Å². The SMILES string of the molecule is CC1(C)O[C@@H]2C[C@@H](F)[C@@H](n3cnc4c(N)ncnc43)[C@@]2(COCc2ccccc2)O1. The minimum atomic E-state index is -1.22. The lowest BCUT2D eigenvalue weighted by atomic mass is 9.95. The molecule has 1 aliphatic heterocycles. The normalized spacial score (nSPS) is 30.0. The number of imidazole rings is 1. The lowest BCUT2D eigenvalue weighted by molar-refractivity contribution is -0.193. The Bertz CT molecular complexity index is 1060. The van der Waals surface area contributed by atoms with Gasteiger partial charge in [0.15, 0.2) is 17.3 Å². The Morgan fingerprint density at radius 1 is 1.23 bits per heavy atom. The number of halogens is 1. The van der Waals surface area contributed by atoms with Gasteiger partial charge in [-0.3, -0.25) is 0 Å². The molecule has 158 valence electrons. The molecule has 1 aliphatic carbocycles. The summed E-state index contributed by atoms with van der Waals surface area (Å²) < 4.78 is 35.6. The van der Waals surface area contributed by atoms with Crippen molar-refractivity contribution in [2.24, 2.45) is 0 Å². The number of hydrogen-bond acceptors (Lipinski definition) is 7. The molecule has 2 aromatic heterocycles. The smallest absolute Gasteiger partial charge is 0.165 e. The maximum atomic E-state index is 15.4. The van der Waals surface area contributed by atoms with Crippen LogP contribution < -0.4 is 5.73 Å². The second kappa shape index (κ2) is 6.97. The van der Waals surface area contributed by atoms with Gasteiger partial charge in [-0.2, -0.15) is 0 Å². The van der Waals surface area contributed by atoms with Gasteiger partial charge in [0.1, 0.15) is 29.7 Å². The maximum absolute atomic E-state index is 15.4. The first-order chi connectivity index (χ1) is 14.4. The molecule has 0 spiro atoms. The van der Waals surface area contributed by atoms with Crippen LogP contribution in [0, 0.1) is 0 Å². The summed E-state index contributed by atoms with van der Waals surface area (Å²) in [6.07, 6.45) is 1.41. The van der Waals surface area contributed by atoms with E-state index in [9.17, 15) is 0 Å². The number of fused-ring (bicyclic) bond motifs is 2. The molecule has 9 heteroatoms. The molecular weight excluding hydrogens is 389 g/mol. The summed E-state index contributed by atoms with van der Waals surface area (Å²) >= 11 is 0.